The van der Waals surface area contributed by atoms with E-state index in [2.05, 4.69) is 31.2 Å². The van der Waals surface area contributed by atoms with Gasteiger partial charge in [-0.25, -0.2) is 4.68 Å². The van der Waals surface area contributed by atoms with Gasteiger partial charge in [0.05, 0.1) is 11.4 Å². The lowest BCUT2D eigenvalue weighted by Gasteiger charge is -2.27. The first-order valence-electron chi connectivity index (χ1n) is 7.00. The van der Waals surface area contributed by atoms with Crippen molar-refractivity contribution in [2.75, 3.05) is 5.73 Å². The second kappa shape index (κ2) is 5.60. The van der Waals surface area contributed by atoms with Crippen molar-refractivity contribution in [2.45, 2.75) is 33.7 Å². The van der Waals surface area contributed by atoms with E-state index in [1.807, 2.05) is 25.1 Å². The Morgan fingerprint density at radius 1 is 1.29 bits per heavy atom. The van der Waals surface area contributed by atoms with Gasteiger partial charge in [-0.15, -0.1) is 0 Å². The SMILES string of the molecule is CC(NC(=O)c1ccn(-c2ccccc2N)n1)C(C)(C)C. The van der Waals surface area contributed by atoms with Crippen LogP contribution in [-0.4, -0.2) is 21.7 Å². The first-order chi connectivity index (χ1) is 9.79. The number of benzene rings is 1. The minimum absolute atomic E-state index is 0.00207. The fourth-order valence-corrected chi connectivity index (χ4v) is 1.76. The van der Waals surface area contributed by atoms with E-state index in [1.54, 1.807) is 23.0 Å². The molecule has 0 bridgehead atoms. The number of aromatic nitrogens is 2. The van der Waals surface area contributed by atoms with E-state index >= 15 is 0 Å². The quantitative estimate of drug-likeness (QED) is 0.852. The zero-order valence-electron chi connectivity index (χ0n) is 12.9. The minimum atomic E-state index is -0.175. The van der Waals surface area contributed by atoms with Crippen LogP contribution >= 0.6 is 0 Å². The van der Waals surface area contributed by atoms with Crippen molar-refractivity contribution < 1.29 is 4.79 Å². The molecular weight excluding hydrogens is 264 g/mol. The third kappa shape index (κ3) is 3.42. The highest BCUT2D eigenvalue weighted by Gasteiger charge is 2.23. The molecule has 0 aliphatic heterocycles. The number of nitrogens with zero attached hydrogens (tertiary/aromatic N) is 2. The topological polar surface area (TPSA) is 72.9 Å². The van der Waals surface area contributed by atoms with Gasteiger partial charge < -0.3 is 11.1 Å². The molecule has 0 radical (unpaired) electrons. The Morgan fingerprint density at radius 3 is 2.57 bits per heavy atom. The lowest BCUT2D eigenvalue weighted by molar-refractivity contribution is 0.0904. The molecule has 1 atom stereocenters. The van der Waals surface area contributed by atoms with Crippen LogP contribution in [0, 0.1) is 5.41 Å². The van der Waals surface area contributed by atoms with Gasteiger partial charge in [0, 0.05) is 12.2 Å². The molecule has 0 fully saturated rings. The molecular formula is C16H22N4O. The van der Waals surface area contributed by atoms with Gasteiger partial charge in [-0.1, -0.05) is 32.9 Å². The Bertz CT molecular complexity index is 640. The van der Waals surface area contributed by atoms with E-state index < -0.39 is 0 Å². The molecule has 0 saturated heterocycles. The number of carbonyl (C=O) groups is 1. The van der Waals surface area contributed by atoms with Gasteiger partial charge in [-0.3, -0.25) is 4.79 Å². The van der Waals surface area contributed by atoms with E-state index in [4.69, 9.17) is 5.73 Å². The summed E-state index contributed by atoms with van der Waals surface area (Å²) < 4.78 is 1.62. The fourth-order valence-electron chi connectivity index (χ4n) is 1.76. The van der Waals surface area contributed by atoms with Gasteiger partial charge in [0.25, 0.3) is 5.91 Å². The number of anilines is 1. The lowest BCUT2D eigenvalue weighted by Crippen LogP contribution is -2.41. The van der Waals surface area contributed by atoms with Gasteiger partial charge in [-0.05, 0) is 30.5 Å². The normalized spacial score (nSPS) is 13.0. The van der Waals surface area contributed by atoms with Crippen LogP contribution in [0.2, 0.25) is 0 Å². The smallest absolute Gasteiger partial charge is 0.272 e. The molecule has 0 saturated carbocycles. The first-order valence-corrected chi connectivity index (χ1v) is 7.00. The second-order valence-electron chi connectivity index (χ2n) is 6.27. The fraction of sp³-hybridized carbons (Fsp3) is 0.375. The molecule has 5 heteroatoms. The highest BCUT2D eigenvalue weighted by molar-refractivity contribution is 5.92. The summed E-state index contributed by atoms with van der Waals surface area (Å²) in [7, 11) is 0. The summed E-state index contributed by atoms with van der Waals surface area (Å²) in [6.45, 7) is 8.24. The van der Waals surface area contributed by atoms with E-state index in [-0.39, 0.29) is 17.4 Å². The third-order valence-electron chi connectivity index (χ3n) is 3.65. The Labute approximate surface area is 125 Å². The van der Waals surface area contributed by atoms with Crippen LogP contribution in [0.25, 0.3) is 5.69 Å². The first kappa shape index (κ1) is 15.1. The Kier molecular flexibility index (Phi) is 4.02. The number of nitrogens with one attached hydrogen (secondary N) is 1. The zero-order valence-corrected chi connectivity index (χ0v) is 12.9. The van der Waals surface area contributed by atoms with Crippen LogP contribution in [0.3, 0.4) is 0 Å². The summed E-state index contributed by atoms with van der Waals surface area (Å²) in [4.78, 5) is 12.2. The van der Waals surface area contributed by atoms with E-state index in [1.165, 1.54) is 0 Å². The maximum Gasteiger partial charge on any atom is 0.272 e. The molecule has 1 amide bonds. The lowest BCUT2D eigenvalue weighted by atomic mass is 9.88. The van der Waals surface area contributed by atoms with Crippen molar-refractivity contribution >= 4 is 11.6 Å². The predicted molar refractivity (Wildman–Crippen MR) is 84.4 cm³/mol. The van der Waals surface area contributed by atoms with Crippen molar-refractivity contribution in [1.29, 1.82) is 0 Å². The number of nitrogen functional groups attached to an aromatic ring is 1. The summed E-state index contributed by atoms with van der Waals surface area (Å²) in [5, 5.41) is 7.27. The average molecular weight is 286 g/mol. The maximum atomic E-state index is 12.2. The van der Waals surface area contributed by atoms with Gasteiger partial charge in [-0.2, -0.15) is 5.10 Å². The van der Waals surface area contributed by atoms with Crippen molar-refractivity contribution in [3.63, 3.8) is 0 Å². The van der Waals surface area contributed by atoms with E-state index in [0.717, 1.165) is 5.69 Å². The number of hydrogen-bond acceptors (Lipinski definition) is 3. The van der Waals surface area contributed by atoms with Crippen molar-refractivity contribution in [2.24, 2.45) is 5.41 Å². The number of hydrogen-bond donors (Lipinski definition) is 2. The average Bonchev–Trinajstić information content (AvgIpc) is 2.87. The number of nitrogens with two attached hydrogens (primary N) is 1. The molecule has 3 N–H and O–H groups in total. The molecule has 112 valence electrons. The van der Waals surface area contributed by atoms with Crippen molar-refractivity contribution in [3.05, 3.63) is 42.2 Å². The molecule has 1 aromatic heterocycles. The van der Waals surface area contributed by atoms with Gasteiger partial charge in [0.15, 0.2) is 5.69 Å². The number of rotatable bonds is 3. The molecule has 2 rings (SSSR count). The Morgan fingerprint density at radius 2 is 1.95 bits per heavy atom. The largest absolute Gasteiger partial charge is 0.397 e. The van der Waals surface area contributed by atoms with Crippen LogP contribution in [-0.2, 0) is 0 Å². The number of amides is 1. The van der Waals surface area contributed by atoms with Crippen LogP contribution in [0.1, 0.15) is 38.2 Å². The zero-order chi connectivity index (χ0) is 15.6. The summed E-state index contributed by atoms with van der Waals surface area (Å²) in [6.07, 6.45) is 1.74. The highest BCUT2D eigenvalue weighted by atomic mass is 16.2. The second-order valence-corrected chi connectivity index (χ2v) is 6.27. The number of carbonyl (C=O) groups excluding carboxylic acids is 1. The molecule has 1 unspecified atom stereocenters. The third-order valence-corrected chi connectivity index (χ3v) is 3.65. The van der Waals surface area contributed by atoms with Crippen LogP contribution in [0.15, 0.2) is 36.5 Å². The molecule has 0 spiro atoms. The summed E-state index contributed by atoms with van der Waals surface area (Å²) >= 11 is 0. The summed E-state index contributed by atoms with van der Waals surface area (Å²) in [5.74, 6) is -0.175. The van der Waals surface area contributed by atoms with E-state index in [9.17, 15) is 4.79 Å². The van der Waals surface area contributed by atoms with Gasteiger partial charge >= 0.3 is 0 Å². The standard InChI is InChI=1S/C16H22N4O/c1-11(16(2,3)4)18-15(21)13-9-10-20(19-13)14-8-6-5-7-12(14)17/h5-11H,17H2,1-4H3,(H,18,21). The highest BCUT2D eigenvalue weighted by Crippen LogP contribution is 2.19. The van der Waals surface area contributed by atoms with Gasteiger partial charge in [0.1, 0.15) is 0 Å². The Hall–Kier alpha value is -2.30. The minimum Gasteiger partial charge on any atom is -0.397 e. The van der Waals surface area contributed by atoms with Crippen LogP contribution < -0.4 is 11.1 Å². The molecule has 1 heterocycles. The molecule has 0 aliphatic rings. The van der Waals surface area contributed by atoms with Crippen molar-refractivity contribution in [3.8, 4) is 5.69 Å². The predicted octanol–water partition coefficient (Wildman–Crippen LogP) is 2.62. The summed E-state index contributed by atoms with van der Waals surface area (Å²) in [6, 6.07) is 9.16. The van der Waals surface area contributed by atoms with Crippen LogP contribution in [0.5, 0.6) is 0 Å². The van der Waals surface area contributed by atoms with Crippen LogP contribution in [0.4, 0.5) is 5.69 Å². The molecule has 5 nitrogen and oxygen atoms in total. The van der Waals surface area contributed by atoms with Crippen molar-refractivity contribution in [1.82, 2.24) is 15.1 Å². The molecule has 0 aliphatic carbocycles. The maximum absolute atomic E-state index is 12.2. The van der Waals surface area contributed by atoms with Gasteiger partial charge in [0.2, 0.25) is 0 Å². The summed E-state index contributed by atoms with van der Waals surface area (Å²) in [5.41, 5.74) is 7.69. The monoisotopic (exact) mass is 286 g/mol. The van der Waals surface area contributed by atoms with E-state index in [0.29, 0.717) is 11.4 Å². The molecule has 1 aromatic carbocycles. The molecule has 2 aromatic rings. The molecule has 21 heavy (non-hydrogen) atoms. The Balaban J connectivity index is 2.17. The number of para-hydroxylation sites is 2.